The Bertz CT molecular complexity index is 1070. The fourth-order valence-electron chi connectivity index (χ4n) is 2.89. The van der Waals surface area contributed by atoms with Crippen molar-refractivity contribution in [1.82, 2.24) is 14.8 Å². The zero-order valence-corrected chi connectivity index (χ0v) is 17.8. The van der Waals surface area contributed by atoms with Crippen LogP contribution in [0.1, 0.15) is 29.2 Å². The molecule has 0 fully saturated rings. The van der Waals surface area contributed by atoms with Gasteiger partial charge in [0.05, 0.1) is 17.0 Å². The first kappa shape index (κ1) is 22.1. The third-order valence-corrected chi connectivity index (χ3v) is 5.24. The third-order valence-electron chi connectivity index (χ3n) is 4.28. The summed E-state index contributed by atoms with van der Waals surface area (Å²) in [6.07, 6.45) is 1.38. The summed E-state index contributed by atoms with van der Waals surface area (Å²) in [4.78, 5) is 23.9. The number of allylic oxidation sites excluding steroid dienone is 1. The number of thioether (sulfide) groups is 1. The number of primary amides is 1. The van der Waals surface area contributed by atoms with E-state index >= 15 is 0 Å². The molecule has 1 aromatic heterocycles. The van der Waals surface area contributed by atoms with Gasteiger partial charge in [-0.25, -0.2) is 0 Å². The summed E-state index contributed by atoms with van der Waals surface area (Å²) >= 11 is 1.23. The number of nitrogens with two attached hydrogens (primary N) is 1. The monoisotopic (exact) mass is 437 g/mol. The molecule has 31 heavy (non-hydrogen) atoms. The number of hydrogen-bond acceptors (Lipinski definition) is 6. The number of aromatic nitrogens is 3. The van der Waals surface area contributed by atoms with Crippen LogP contribution in [0.2, 0.25) is 0 Å². The second-order valence-electron chi connectivity index (χ2n) is 6.56. The average Bonchev–Trinajstić information content (AvgIpc) is 3.16. The standard InChI is InChI=1S/C22H23N5O3S/c1-3-13-27-21(15(2)30-16-9-5-4-6-10-16)25-26-22(27)31-14-19(28)24-18-12-8-7-11-17(18)20(23)29/h3-12,15H,1,13-14H2,2H3,(H2,23,29)(H,24,28). The Kier molecular flexibility index (Phi) is 7.45. The molecule has 1 unspecified atom stereocenters. The van der Waals surface area contributed by atoms with Gasteiger partial charge in [-0.05, 0) is 31.2 Å². The second-order valence-corrected chi connectivity index (χ2v) is 7.50. The van der Waals surface area contributed by atoms with Crippen LogP contribution >= 0.6 is 11.8 Å². The van der Waals surface area contributed by atoms with Crippen molar-refractivity contribution in [2.24, 2.45) is 5.73 Å². The molecule has 3 N–H and O–H groups in total. The van der Waals surface area contributed by atoms with E-state index in [-0.39, 0.29) is 23.3 Å². The van der Waals surface area contributed by atoms with Crippen molar-refractivity contribution >= 4 is 29.3 Å². The number of para-hydroxylation sites is 2. The van der Waals surface area contributed by atoms with Crippen LogP contribution in [0.3, 0.4) is 0 Å². The fraction of sp³-hybridized carbons (Fsp3) is 0.182. The molecule has 0 aliphatic carbocycles. The lowest BCUT2D eigenvalue weighted by Crippen LogP contribution is -2.19. The minimum atomic E-state index is -0.605. The highest BCUT2D eigenvalue weighted by Crippen LogP contribution is 2.25. The highest BCUT2D eigenvalue weighted by molar-refractivity contribution is 7.99. The van der Waals surface area contributed by atoms with Crippen molar-refractivity contribution < 1.29 is 14.3 Å². The molecule has 0 saturated heterocycles. The quantitative estimate of drug-likeness (QED) is 0.371. The maximum Gasteiger partial charge on any atom is 0.250 e. The first-order valence-electron chi connectivity index (χ1n) is 9.56. The van der Waals surface area contributed by atoms with Crippen LogP contribution in [-0.4, -0.2) is 32.3 Å². The van der Waals surface area contributed by atoms with E-state index in [0.717, 1.165) is 5.75 Å². The van der Waals surface area contributed by atoms with Crippen LogP contribution in [0.4, 0.5) is 5.69 Å². The van der Waals surface area contributed by atoms with Crippen molar-refractivity contribution in [2.75, 3.05) is 11.1 Å². The maximum atomic E-state index is 12.4. The number of hydrogen-bond donors (Lipinski definition) is 2. The summed E-state index contributed by atoms with van der Waals surface area (Å²) in [7, 11) is 0. The van der Waals surface area contributed by atoms with Gasteiger partial charge in [0.2, 0.25) is 5.91 Å². The molecule has 0 bridgehead atoms. The van der Waals surface area contributed by atoms with E-state index in [9.17, 15) is 9.59 Å². The third kappa shape index (κ3) is 5.73. The Hall–Kier alpha value is -3.59. The van der Waals surface area contributed by atoms with E-state index in [4.69, 9.17) is 10.5 Å². The van der Waals surface area contributed by atoms with E-state index in [1.807, 2.05) is 41.8 Å². The number of carbonyl (C=O) groups excluding carboxylic acids is 2. The first-order chi connectivity index (χ1) is 15.0. The van der Waals surface area contributed by atoms with Crippen LogP contribution < -0.4 is 15.8 Å². The normalized spacial score (nSPS) is 11.5. The number of nitrogens with one attached hydrogen (secondary N) is 1. The molecule has 0 saturated carbocycles. The molecule has 1 atom stereocenters. The lowest BCUT2D eigenvalue weighted by atomic mass is 10.1. The Labute approximate surface area is 184 Å². The van der Waals surface area contributed by atoms with E-state index in [1.54, 1.807) is 30.3 Å². The maximum absolute atomic E-state index is 12.4. The van der Waals surface area contributed by atoms with Gasteiger partial charge in [0.1, 0.15) is 5.75 Å². The number of anilines is 1. The Balaban J connectivity index is 1.68. The minimum Gasteiger partial charge on any atom is -0.483 e. The molecule has 9 heteroatoms. The number of nitrogens with zero attached hydrogens (tertiary/aromatic N) is 3. The SMILES string of the molecule is C=CCn1c(SCC(=O)Nc2ccccc2C(N)=O)nnc1C(C)Oc1ccccc1. The summed E-state index contributed by atoms with van der Waals surface area (Å²) < 4.78 is 7.81. The first-order valence-corrected chi connectivity index (χ1v) is 10.5. The minimum absolute atomic E-state index is 0.0797. The summed E-state index contributed by atoms with van der Waals surface area (Å²) in [5, 5.41) is 11.8. The molecule has 0 spiro atoms. The molecular weight excluding hydrogens is 414 g/mol. The molecule has 0 radical (unpaired) electrons. The lowest BCUT2D eigenvalue weighted by Gasteiger charge is -2.15. The van der Waals surface area contributed by atoms with Crippen molar-refractivity contribution in [3.05, 3.63) is 78.6 Å². The molecule has 160 valence electrons. The van der Waals surface area contributed by atoms with Crippen molar-refractivity contribution in [2.45, 2.75) is 24.7 Å². The number of benzene rings is 2. The molecule has 8 nitrogen and oxygen atoms in total. The summed E-state index contributed by atoms with van der Waals surface area (Å²) in [5.74, 6) is 0.542. The molecule has 3 rings (SSSR count). The van der Waals surface area contributed by atoms with Gasteiger partial charge < -0.3 is 15.8 Å². The van der Waals surface area contributed by atoms with Gasteiger partial charge in [-0.2, -0.15) is 0 Å². The van der Waals surface area contributed by atoms with Crippen LogP contribution in [0.25, 0.3) is 0 Å². The molecule has 2 aromatic carbocycles. The van der Waals surface area contributed by atoms with E-state index in [2.05, 4.69) is 22.1 Å². The summed E-state index contributed by atoms with van der Waals surface area (Å²) in [6.45, 7) is 6.15. The second kappa shape index (κ2) is 10.4. The highest BCUT2D eigenvalue weighted by Gasteiger charge is 2.20. The zero-order chi connectivity index (χ0) is 22.2. The number of rotatable bonds is 10. The van der Waals surface area contributed by atoms with E-state index in [1.165, 1.54) is 11.8 Å². The average molecular weight is 438 g/mol. The van der Waals surface area contributed by atoms with E-state index < -0.39 is 5.91 Å². The predicted octanol–water partition coefficient (Wildman–Crippen LogP) is 3.43. The smallest absolute Gasteiger partial charge is 0.250 e. The molecule has 2 amide bonds. The van der Waals surface area contributed by atoms with E-state index in [0.29, 0.717) is 23.2 Å². The summed E-state index contributed by atoms with van der Waals surface area (Å²) in [5.41, 5.74) is 5.98. The molecule has 0 aliphatic heterocycles. The van der Waals surface area contributed by atoms with Crippen LogP contribution in [0.15, 0.2) is 72.4 Å². The summed E-state index contributed by atoms with van der Waals surface area (Å²) in [6, 6.07) is 16.0. The molecule has 1 heterocycles. The van der Waals surface area contributed by atoms with Gasteiger partial charge in [-0.3, -0.25) is 14.2 Å². The number of ether oxygens (including phenoxy) is 1. The van der Waals surface area contributed by atoms with Crippen molar-refractivity contribution in [3.8, 4) is 5.75 Å². The highest BCUT2D eigenvalue weighted by atomic mass is 32.2. The van der Waals surface area contributed by atoms with Crippen molar-refractivity contribution in [1.29, 1.82) is 0 Å². The van der Waals surface area contributed by atoms with Crippen molar-refractivity contribution in [3.63, 3.8) is 0 Å². The molecular formula is C22H23N5O3S. The number of carbonyl (C=O) groups is 2. The van der Waals surface area contributed by atoms with Gasteiger partial charge in [-0.15, -0.1) is 16.8 Å². The lowest BCUT2D eigenvalue weighted by molar-refractivity contribution is -0.113. The van der Waals surface area contributed by atoms with Gasteiger partial charge in [-0.1, -0.05) is 48.2 Å². The van der Waals surface area contributed by atoms with Gasteiger partial charge in [0.15, 0.2) is 17.1 Å². The van der Waals surface area contributed by atoms with Gasteiger partial charge in [0.25, 0.3) is 5.91 Å². The van der Waals surface area contributed by atoms with Gasteiger partial charge >= 0.3 is 0 Å². The van der Waals surface area contributed by atoms with Gasteiger partial charge in [0, 0.05) is 6.54 Å². The molecule has 0 aliphatic rings. The molecule has 3 aromatic rings. The Morgan fingerprint density at radius 3 is 2.61 bits per heavy atom. The Morgan fingerprint density at radius 2 is 1.90 bits per heavy atom. The fourth-order valence-corrected chi connectivity index (χ4v) is 3.64. The largest absolute Gasteiger partial charge is 0.483 e. The topological polar surface area (TPSA) is 112 Å². The van der Waals surface area contributed by atoms with Crippen LogP contribution in [0, 0.1) is 0 Å². The Morgan fingerprint density at radius 1 is 1.19 bits per heavy atom. The van der Waals surface area contributed by atoms with Crippen LogP contribution in [0.5, 0.6) is 5.75 Å². The zero-order valence-electron chi connectivity index (χ0n) is 17.0. The number of amides is 2. The van der Waals surface area contributed by atoms with Crippen LogP contribution in [-0.2, 0) is 11.3 Å². The predicted molar refractivity (Wildman–Crippen MR) is 120 cm³/mol.